The monoisotopic (exact) mass is 975 g/mol. The number of rotatable bonds is 7. The van der Waals surface area contributed by atoms with Crippen molar-refractivity contribution in [1.29, 1.82) is 0 Å². The summed E-state index contributed by atoms with van der Waals surface area (Å²) in [6.45, 7) is 7.37. The van der Waals surface area contributed by atoms with E-state index in [1.165, 1.54) is 136 Å². The SMILES string of the molecule is COc1ccccc1-c1ccc2c(c1)sc1c[c-]c(-c3nccc4c3CCCC4)cc12.C[Si](C)(C)c1cnc(-c2[c-]ccc3c2CCCC3)cc1CC1CCCC1.[Ir]. The normalized spacial score (nSPS) is 15.3. The van der Waals surface area contributed by atoms with Gasteiger partial charge in [-0.2, -0.15) is 11.3 Å². The van der Waals surface area contributed by atoms with Gasteiger partial charge in [-0.05, 0) is 94.9 Å². The molecule has 4 aromatic carbocycles. The summed E-state index contributed by atoms with van der Waals surface area (Å²) in [5.74, 6) is 1.78. The average Bonchev–Trinajstić information content (AvgIpc) is 3.90. The number of para-hydroxylation sites is 1. The van der Waals surface area contributed by atoms with Crippen molar-refractivity contribution < 1.29 is 24.8 Å². The van der Waals surface area contributed by atoms with Gasteiger partial charge in [0.15, 0.2) is 0 Å². The topological polar surface area (TPSA) is 35.0 Å². The third-order valence-electron chi connectivity index (χ3n) is 12.7. The number of ether oxygens (including phenoxy) is 1. The first-order chi connectivity index (χ1) is 27.8. The van der Waals surface area contributed by atoms with Crippen LogP contribution in [0.15, 0.2) is 91.3 Å². The van der Waals surface area contributed by atoms with Crippen molar-refractivity contribution in [3.8, 4) is 39.4 Å². The number of nitrogens with zero attached hydrogens (tertiary/aromatic N) is 2. The van der Waals surface area contributed by atoms with Gasteiger partial charge in [-0.25, -0.2) is 0 Å². The quantitative estimate of drug-likeness (QED) is 0.118. The predicted octanol–water partition coefficient (Wildman–Crippen LogP) is 13.2. The van der Waals surface area contributed by atoms with Crippen LogP contribution in [0, 0.1) is 18.1 Å². The van der Waals surface area contributed by atoms with E-state index in [-0.39, 0.29) is 20.1 Å². The third-order valence-corrected chi connectivity index (χ3v) is 15.9. The van der Waals surface area contributed by atoms with Crippen LogP contribution in [0.2, 0.25) is 19.6 Å². The van der Waals surface area contributed by atoms with Crippen LogP contribution in [-0.4, -0.2) is 25.2 Å². The van der Waals surface area contributed by atoms with Crippen molar-refractivity contribution >= 4 is 44.8 Å². The molecule has 3 aromatic heterocycles. The Morgan fingerprint density at radius 2 is 1.52 bits per heavy atom. The number of hydrogen-bond acceptors (Lipinski definition) is 4. The van der Waals surface area contributed by atoms with E-state index >= 15 is 0 Å². The maximum Gasteiger partial charge on any atom is 0.126 e. The summed E-state index contributed by atoms with van der Waals surface area (Å²) >= 11 is 1.82. The first-order valence-corrected chi connectivity index (χ1v) is 25.7. The van der Waals surface area contributed by atoms with Gasteiger partial charge >= 0.3 is 0 Å². The molecule has 0 saturated heterocycles. The van der Waals surface area contributed by atoms with Gasteiger partial charge in [0.05, 0.1) is 15.2 Å². The van der Waals surface area contributed by atoms with E-state index in [9.17, 15) is 0 Å². The Morgan fingerprint density at radius 1 is 0.759 bits per heavy atom. The van der Waals surface area contributed by atoms with Gasteiger partial charge in [0.1, 0.15) is 5.75 Å². The first-order valence-electron chi connectivity index (χ1n) is 21.3. The Morgan fingerprint density at radius 3 is 2.31 bits per heavy atom. The number of methoxy groups -OCH3 is 1. The Bertz CT molecular complexity index is 2560. The minimum Gasteiger partial charge on any atom is -0.496 e. The van der Waals surface area contributed by atoms with Gasteiger partial charge in [0, 0.05) is 42.8 Å². The molecular formula is C52H54IrN2OSSi-2. The van der Waals surface area contributed by atoms with Gasteiger partial charge in [-0.1, -0.05) is 123 Å². The predicted molar refractivity (Wildman–Crippen MR) is 244 cm³/mol. The van der Waals surface area contributed by atoms with Crippen LogP contribution < -0.4 is 9.92 Å². The van der Waals surface area contributed by atoms with E-state index in [4.69, 9.17) is 14.7 Å². The molecule has 1 radical (unpaired) electrons. The summed E-state index contributed by atoms with van der Waals surface area (Å²) in [5.41, 5.74) is 14.5. The standard InChI is InChI=1S/C28H22NOS.C24H32NSi.Ir/c1-30-25-9-5-4-7-21(25)19-10-12-23-24-16-20(11-13-26(24)31-27(23)17-19)28-22-8-3-2-6-18(22)14-15-29-28;1-26(2,3)24-17-25-23(16-20(24)15-18-9-4-5-10-18)22-14-8-12-19-11-6-7-13-21(19)22;/h4-5,7,9-10,12-17H,2-3,6,8H2,1H3;8,12,16-18H,4-7,9-11,13,15H2,1-3H3;/q2*-1;. The molecule has 0 unspecified atom stereocenters. The average molecular weight is 975 g/mol. The second-order valence-electron chi connectivity index (χ2n) is 17.5. The van der Waals surface area contributed by atoms with Gasteiger partial charge in [0.25, 0.3) is 0 Å². The molecule has 299 valence electrons. The largest absolute Gasteiger partial charge is 0.496 e. The van der Waals surface area contributed by atoms with Crippen LogP contribution in [0.25, 0.3) is 53.8 Å². The number of thiophene rings is 1. The molecule has 0 spiro atoms. The molecule has 6 heteroatoms. The van der Waals surface area contributed by atoms with Gasteiger partial charge in [-0.15, -0.1) is 58.7 Å². The molecule has 0 bridgehead atoms. The molecule has 3 nitrogen and oxygen atoms in total. The Hall–Kier alpha value is -3.93. The number of benzene rings is 4. The first kappa shape index (κ1) is 40.8. The second-order valence-corrected chi connectivity index (χ2v) is 23.7. The molecule has 0 atom stereocenters. The van der Waals surface area contributed by atoms with E-state index in [0.29, 0.717) is 0 Å². The molecule has 1 saturated carbocycles. The summed E-state index contributed by atoms with van der Waals surface area (Å²) in [4.78, 5) is 9.73. The van der Waals surface area contributed by atoms with E-state index in [1.54, 1.807) is 17.9 Å². The summed E-state index contributed by atoms with van der Waals surface area (Å²) in [7, 11) is 0.352. The van der Waals surface area contributed by atoms with Crippen molar-refractivity contribution in [2.24, 2.45) is 5.92 Å². The minimum absolute atomic E-state index is 0. The van der Waals surface area contributed by atoms with Crippen molar-refractivity contribution in [2.45, 2.75) is 103 Å². The number of aromatic nitrogens is 2. The second kappa shape index (κ2) is 17.7. The summed E-state index contributed by atoms with van der Waals surface area (Å²) in [6.07, 6.45) is 21.0. The van der Waals surface area contributed by atoms with Crippen LogP contribution in [0.3, 0.4) is 0 Å². The zero-order chi connectivity index (χ0) is 38.9. The molecule has 1 fully saturated rings. The smallest absolute Gasteiger partial charge is 0.126 e. The molecular weight excluding hydrogens is 921 g/mol. The fraction of sp³-hybridized carbons (Fsp3) is 0.346. The van der Waals surface area contributed by atoms with E-state index < -0.39 is 8.07 Å². The molecule has 58 heavy (non-hydrogen) atoms. The third kappa shape index (κ3) is 8.41. The Balaban J connectivity index is 0.000000162. The molecule has 0 N–H and O–H groups in total. The number of aryl methyl sites for hydroxylation is 2. The molecule has 0 aliphatic heterocycles. The summed E-state index contributed by atoms with van der Waals surface area (Å²) < 4.78 is 8.12. The maximum atomic E-state index is 5.57. The van der Waals surface area contributed by atoms with Crippen LogP contribution in [0.5, 0.6) is 5.75 Å². The van der Waals surface area contributed by atoms with E-state index in [1.807, 2.05) is 29.7 Å². The van der Waals surface area contributed by atoms with E-state index in [2.05, 4.69) is 105 Å². The molecule has 3 heterocycles. The number of hydrogen-bond donors (Lipinski definition) is 0. The molecule has 0 amide bonds. The van der Waals surface area contributed by atoms with Crippen LogP contribution in [0.4, 0.5) is 0 Å². The van der Waals surface area contributed by atoms with Crippen molar-refractivity contribution in [2.75, 3.05) is 7.11 Å². The van der Waals surface area contributed by atoms with Gasteiger partial charge < -0.3 is 14.7 Å². The Kier molecular flexibility index (Phi) is 12.5. The zero-order valence-electron chi connectivity index (χ0n) is 34.5. The number of pyridine rings is 2. The number of fused-ring (bicyclic) bond motifs is 5. The molecule has 10 rings (SSSR count). The van der Waals surface area contributed by atoms with Gasteiger partial charge in [-0.3, -0.25) is 0 Å². The maximum absolute atomic E-state index is 5.57. The van der Waals surface area contributed by atoms with E-state index in [0.717, 1.165) is 34.9 Å². The van der Waals surface area contributed by atoms with Crippen molar-refractivity contribution in [3.63, 3.8) is 0 Å². The van der Waals surface area contributed by atoms with Crippen molar-refractivity contribution in [1.82, 2.24) is 9.97 Å². The fourth-order valence-corrected chi connectivity index (χ4v) is 12.4. The van der Waals surface area contributed by atoms with Crippen molar-refractivity contribution in [3.05, 3.63) is 131 Å². The minimum atomic E-state index is -1.37. The Labute approximate surface area is 364 Å². The zero-order valence-corrected chi connectivity index (χ0v) is 38.7. The van der Waals surface area contributed by atoms with Crippen LogP contribution in [0.1, 0.15) is 79.2 Å². The fourth-order valence-electron chi connectivity index (χ4n) is 9.75. The van der Waals surface area contributed by atoms with Crippen LogP contribution in [-0.2, 0) is 52.2 Å². The summed E-state index contributed by atoms with van der Waals surface area (Å²) in [5, 5.41) is 4.15. The van der Waals surface area contributed by atoms with Gasteiger partial charge in [0.2, 0.25) is 0 Å². The molecule has 3 aliphatic carbocycles. The summed E-state index contributed by atoms with van der Waals surface area (Å²) in [6, 6.07) is 35.4. The van der Waals surface area contributed by atoms with Crippen LogP contribution >= 0.6 is 11.3 Å². The molecule has 3 aliphatic rings. The molecule has 7 aromatic rings.